The number of hydrogen-bond acceptors (Lipinski definition) is 3. The van der Waals surface area contributed by atoms with Crippen LogP contribution in [0.5, 0.6) is 0 Å². The topological polar surface area (TPSA) is 60.9 Å². The third kappa shape index (κ3) is 3.03. The fourth-order valence-electron chi connectivity index (χ4n) is 4.00. The molecule has 1 aromatic carbocycles. The first-order valence-electron chi connectivity index (χ1n) is 8.72. The third-order valence-electron chi connectivity index (χ3n) is 5.59. The fraction of sp³-hybridized carbons (Fsp3) is 0.579. The molecule has 0 saturated carbocycles. The summed E-state index contributed by atoms with van der Waals surface area (Å²) in [6.07, 6.45) is 0. The summed E-state index contributed by atoms with van der Waals surface area (Å²) in [4.78, 5) is 28.5. The van der Waals surface area contributed by atoms with Gasteiger partial charge in [0.1, 0.15) is 5.82 Å². The molecule has 25 heavy (non-hydrogen) atoms. The van der Waals surface area contributed by atoms with Gasteiger partial charge in [0.2, 0.25) is 5.91 Å². The lowest BCUT2D eigenvalue weighted by Gasteiger charge is -2.28. The van der Waals surface area contributed by atoms with Gasteiger partial charge in [0.15, 0.2) is 0 Å². The fourth-order valence-corrected chi connectivity index (χ4v) is 4.00. The quantitative estimate of drug-likeness (QED) is 0.904. The molecule has 0 aliphatic carbocycles. The highest BCUT2D eigenvalue weighted by atomic mass is 19.1. The summed E-state index contributed by atoms with van der Waals surface area (Å²) < 4.78 is 13.8. The van der Waals surface area contributed by atoms with Crippen LogP contribution < -0.4 is 0 Å². The van der Waals surface area contributed by atoms with E-state index in [1.165, 1.54) is 6.07 Å². The van der Waals surface area contributed by atoms with E-state index in [-0.39, 0.29) is 30.3 Å². The van der Waals surface area contributed by atoms with Gasteiger partial charge in [-0.15, -0.1) is 0 Å². The molecule has 2 saturated heterocycles. The van der Waals surface area contributed by atoms with Crippen molar-refractivity contribution in [2.75, 3.05) is 32.8 Å². The zero-order valence-corrected chi connectivity index (χ0v) is 15.0. The van der Waals surface area contributed by atoms with Crippen LogP contribution in [0, 0.1) is 30.0 Å². The predicted molar refractivity (Wildman–Crippen MR) is 91.5 cm³/mol. The van der Waals surface area contributed by atoms with Gasteiger partial charge in [-0.3, -0.25) is 9.59 Å². The molecule has 2 amide bonds. The van der Waals surface area contributed by atoms with Gasteiger partial charge < -0.3 is 14.9 Å². The molecular weight excluding hydrogens is 323 g/mol. The van der Waals surface area contributed by atoms with Gasteiger partial charge in [-0.25, -0.2) is 4.39 Å². The number of rotatable bonds is 3. The maximum atomic E-state index is 13.8. The van der Waals surface area contributed by atoms with E-state index in [1.54, 1.807) is 28.9 Å². The summed E-state index contributed by atoms with van der Waals surface area (Å²) in [6.45, 7) is 7.23. The van der Waals surface area contributed by atoms with Gasteiger partial charge >= 0.3 is 0 Å². The van der Waals surface area contributed by atoms with Crippen molar-refractivity contribution in [2.24, 2.45) is 17.3 Å². The SMILES string of the molecule is Cc1ccc(C(=O)N2C[C@H]3CN(C(=O)C(C)C)C[C@@]3(CO)C2)cc1F. The Hall–Kier alpha value is -1.95. The standard InChI is InChI=1S/C19H25FN2O3/c1-12(2)17(24)21-7-15-8-22(10-19(15,9-21)11-23)18(25)14-5-4-13(3)16(20)6-14/h4-6,12,15,23H,7-11H2,1-3H3/t15-,19+/m1/s1. The van der Waals surface area contributed by atoms with Crippen LogP contribution in [0.15, 0.2) is 18.2 Å². The summed E-state index contributed by atoms with van der Waals surface area (Å²) in [5, 5.41) is 9.98. The van der Waals surface area contributed by atoms with Crippen LogP contribution in [0.3, 0.4) is 0 Å². The molecule has 136 valence electrons. The molecule has 6 heteroatoms. The zero-order chi connectivity index (χ0) is 18.4. The molecule has 2 fully saturated rings. The molecular formula is C19H25FN2O3. The van der Waals surface area contributed by atoms with E-state index in [2.05, 4.69) is 0 Å². The molecule has 2 heterocycles. The Morgan fingerprint density at radius 3 is 2.48 bits per heavy atom. The van der Waals surface area contributed by atoms with Crippen LogP contribution in [-0.4, -0.2) is 59.5 Å². The monoisotopic (exact) mass is 348 g/mol. The Morgan fingerprint density at radius 2 is 1.92 bits per heavy atom. The predicted octanol–water partition coefficient (Wildman–Crippen LogP) is 1.68. The van der Waals surface area contributed by atoms with E-state index in [0.29, 0.717) is 37.3 Å². The summed E-state index contributed by atoms with van der Waals surface area (Å²) >= 11 is 0. The van der Waals surface area contributed by atoms with Crippen LogP contribution in [0.4, 0.5) is 4.39 Å². The number of likely N-dealkylation sites (tertiary alicyclic amines) is 2. The highest BCUT2D eigenvalue weighted by Gasteiger charge is 2.54. The van der Waals surface area contributed by atoms with Gasteiger partial charge in [-0.2, -0.15) is 0 Å². The Bertz CT molecular complexity index is 706. The van der Waals surface area contributed by atoms with Crippen molar-refractivity contribution in [3.63, 3.8) is 0 Å². The lowest BCUT2D eigenvalue weighted by atomic mass is 9.82. The minimum absolute atomic E-state index is 0.0550. The van der Waals surface area contributed by atoms with E-state index >= 15 is 0 Å². The molecule has 2 atom stereocenters. The van der Waals surface area contributed by atoms with Crippen LogP contribution in [0.1, 0.15) is 29.8 Å². The number of aliphatic hydroxyl groups is 1. The molecule has 1 N–H and O–H groups in total. The van der Waals surface area contributed by atoms with E-state index < -0.39 is 11.2 Å². The lowest BCUT2D eigenvalue weighted by Crippen LogP contribution is -2.41. The summed E-state index contributed by atoms with van der Waals surface area (Å²) in [5.41, 5.74) is 0.361. The van der Waals surface area contributed by atoms with Crippen molar-refractivity contribution in [3.8, 4) is 0 Å². The molecule has 0 radical (unpaired) electrons. The third-order valence-corrected chi connectivity index (χ3v) is 5.59. The molecule has 0 bridgehead atoms. The Labute approximate surface area is 147 Å². The number of hydrogen-bond donors (Lipinski definition) is 1. The van der Waals surface area contributed by atoms with Crippen molar-refractivity contribution in [2.45, 2.75) is 20.8 Å². The molecule has 0 aromatic heterocycles. The maximum Gasteiger partial charge on any atom is 0.253 e. The minimum atomic E-state index is -0.469. The number of aryl methyl sites for hydroxylation is 1. The van der Waals surface area contributed by atoms with Crippen LogP contribution >= 0.6 is 0 Å². The summed E-state index contributed by atoms with van der Waals surface area (Å²) in [6, 6.07) is 4.51. The Morgan fingerprint density at radius 1 is 1.28 bits per heavy atom. The van der Waals surface area contributed by atoms with Crippen molar-refractivity contribution in [1.82, 2.24) is 9.80 Å². The van der Waals surface area contributed by atoms with Gasteiger partial charge in [0.05, 0.1) is 6.61 Å². The van der Waals surface area contributed by atoms with Gasteiger partial charge in [-0.1, -0.05) is 19.9 Å². The summed E-state index contributed by atoms with van der Waals surface area (Å²) in [7, 11) is 0. The van der Waals surface area contributed by atoms with Gasteiger partial charge in [0, 0.05) is 49.0 Å². The number of benzene rings is 1. The number of aliphatic hydroxyl groups excluding tert-OH is 1. The second-order valence-corrected chi connectivity index (χ2v) is 7.74. The number of carbonyl (C=O) groups is 2. The van der Waals surface area contributed by atoms with Crippen LogP contribution in [0.2, 0.25) is 0 Å². The van der Waals surface area contributed by atoms with E-state index in [9.17, 15) is 19.1 Å². The second kappa shape index (κ2) is 6.41. The molecule has 1 aromatic rings. The van der Waals surface area contributed by atoms with Crippen molar-refractivity contribution >= 4 is 11.8 Å². The van der Waals surface area contributed by atoms with Gasteiger partial charge in [-0.05, 0) is 24.6 Å². The second-order valence-electron chi connectivity index (χ2n) is 7.74. The Balaban J connectivity index is 1.76. The van der Waals surface area contributed by atoms with E-state index in [0.717, 1.165) is 0 Å². The lowest BCUT2D eigenvalue weighted by molar-refractivity contribution is -0.134. The number of halogens is 1. The van der Waals surface area contributed by atoms with Crippen LogP contribution in [-0.2, 0) is 4.79 Å². The van der Waals surface area contributed by atoms with Crippen LogP contribution in [0.25, 0.3) is 0 Å². The van der Waals surface area contributed by atoms with Crippen molar-refractivity contribution in [3.05, 3.63) is 35.1 Å². The molecule has 0 unspecified atom stereocenters. The number of carbonyl (C=O) groups excluding carboxylic acids is 2. The Kier molecular flexibility index (Phi) is 4.58. The maximum absolute atomic E-state index is 13.8. The first kappa shape index (κ1) is 17.9. The average molecular weight is 348 g/mol. The normalized spacial score (nSPS) is 25.6. The molecule has 3 rings (SSSR count). The molecule has 2 aliphatic rings. The first-order valence-corrected chi connectivity index (χ1v) is 8.72. The smallest absolute Gasteiger partial charge is 0.253 e. The highest BCUT2D eigenvalue weighted by molar-refractivity contribution is 5.94. The summed E-state index contributed by atoms with van der Waals surface area (Å²) in [5.74, 6) is -0.554. The average Bonchev–Trinajstić information content (AvgIpc) is 3.10. The molecule has 5 nitrogen and oxygen atoms in total. The number of fused-ring (bicyclic) bond motifs is 1. The van der Waals surface area contributed by atoms with E-state index in [1.807, 2.05) is 13.8 Å². The first-order chi connectivity index (χ1) is 11.8. The van der Waals surface area contributed by atoms with Crippen molar-refractivity contribution < 1.29 is 19.1 Å². The highest BCUT2D eigenvalue weighted by Crippen LogP contribution is 2.43. The number of amides is 2. The van der Waals surface area contributed by atoms with E-state index in [4.69, 9.17) is 0 Å². The van der Waals surface area contributed by atoms with Gasteiger partial charge in [0.25, 0.3) is 5.91 Å². The molecule has 0 spiro atoms. The minimum Gasteiger partial charge on any atom is -0.396 e. The van der Waals surface area contributed by atoms with Crippen molar-refractivity contribution in [1.29, 1.82) is 0 Å². The number of nitrogens with zero attached hydrogens (tertiary/aromatic N) is 2. The molecule has 2 aliphatic heterocycles. The zero-order valence-electron chi connectivity index (χ0n) is 15.0. The largest absolute Gasteiger partial charge is 0.396 e.